The van der Waals surface area contributed by atoms with E-state index in [4.69, 9.17) is 14.2 Å². The van der Waals surface area contributed by atoms with E-state index in [0.29, 0.717) is 17.2 Å². The Labute approximate surface area is 141 Å². The Morgan fingerprint density at radius 2 is 1.46 bits per heavy atom. The molecule has 0 radical (unpaired) electrons. The molecule has 0 bridgehead atoms. The summed E-state index contributed by atoms with van der Waals surface area (Å²) in [6.07, 6.45) is 7.04. The van der Waals surface area contributed by atoms with Gasteiger partial charge in [0.1, 0.15) is 0 Å². The van der Waals surface area contributed by atoms with Crippen molar-refractivity contribution in [1.82, 2.24) is 0 Å². The molecule has 0 aliphatic heterocycles. The fourth-order valence-corrected chi connectivity index (χ4v) is 2.07. The number of nitrogens with zero attached hydrogens (tertiary/aromatic N) is 2. The Hall–Kier alpha value is -3.08. The van der Waals surface area contributed by atoms with Crippen LogP contribution >= 0.6 is 0 Å². The van der Waals surface area contributed by atoms with Crippen LogP contribution in [0.3, 0.4) is 0 Å². The average Bonchev–Trinajstić information content (AvgIpc) is 2.64. The largest absolute Gasteiger partial charge is 0.493 e. The minimum absolute atomic E-state index is 0.548. The van der Waals surface area contributed by atoms with Crippen LogP contribution in [0.15, 0.2) is 58.7 Å². The second-order valence-corrected chi connectivity index (χ2v) is 4.74. The molecule has 0 aliphatic carbocycles. The maximum atomic E-state index is 5.30. The number of hydrogen-bond acceptors (Lipinski definition) is 5. The minimum atomic E-state index is 0.548. The number of hydrogen-bond donors (Lipinski definition) is 0. The van der Waals surface area contributed by atoms with Crippen molar-refractivity contribution in [2.24, 2.45) is 10.2 Å². The van der Waals surface area contributed by atoms with Crippen molar-refractivity contribution < 1.29 is 14.2 Å². The van der Waals surface area contributed by atoms with Crippen LogP contribution in [0.4, 0.5) is 0 Å². The van der Waals surface area contributed by atoms with E-state index in [-0.39, 0.29) is 0 Å². The van der Waals surface area contributed by atoms with Gasteiger partial charge in [-0.05, 0) is 23.8 Å². The molecule has 0 atom stereocenters. The van der Waals surface area contributed by atoms with Gasteiger partial charge in [0.15, 0.2) is 11.5 Å². The Morgan fingerprint density at radius 3 is 2.04 bits per heavy atom. The van der Waals surface area contributed by atoms with Crippen LogP contribution in [0.1, 0.15) is 11.1 Å². The summed E-state index contributed by atoms with van der Waals surface area (Å²) in [6.45, 7) is 0. The zero-order valence-electron chi connectivity index (χ0n) is 14.0. The third-order valence-electron chi connectivity index (χ3n) is 3.20. The van der Waals surface area contributed by atoms with Gasteiger partial charge in [-0.2, -0.15) is 10.2 Å². The normalized spacial score (nSPS) is 11.5. The molecule has 0 spiro atoms. The molecule has 0 amide bonds. The number of methoxy groups -OCH3 is 3. The molecule has 0 aromatic heterocycles. The molecule has 0 N–H and O–H groups in total. The summed E-state index contributed by atoms with van der Waals surface area (Å²) >= 11 is 0. The molecule has 0 heterocycles. The molecule has 0 saturated carbocycles. The smallest absolute Gasteiger partial charge is 0.203 e. The third kappa shape index (κ3) is 4.71. The molecule has 0 saturated heterocycles. The molecular weight excluding hydrogens is 304 g/mol. The maximum Gasteiger partial charge on any atom is 0.203 e. The fourth-order valence-electron chi connectivity index (χ4n) is 2.07. The van der Waals surface area contributed by atoms with E-state index in [0.717, 1.165) is 11.1 Å². The van der Waals surface area contributed by atoms with Gasteiger partial charge in [0, 0.05) is 11.8 Å². The summed E-state index contributed by atoms with van der Waals surface area (Å²) in [5, 5.41) is 8.00. The first-order valence-corrected chi connectivity index (χ1v) is 7.36. The quantitative estimate of drug-likeness (QED) is 0.574. The van der Waals surface area contributed by atoms with Gasteiger partial charge in [-0.1, -0.05) is 36.4 Å². The molecule has 5 heteroatoms. The Morgan fingerprint density at radius 1 is 0.792 bits per heavy atom. The van der Waals surface area contributed by atoms with E-state index in [1.54, 1.807) is 45.9 Å². The van der Waals surface area contributed by atoms with Crippen LogP contribution in [-0.2, 0) is 0 Å². The van der Waals surface area contributed by atoms with Crippen molar-refractivity contribution in [3.8, 4) is 17.2 Å². The van der Waals surface area contributed by atoms with Crippen molar-refractivity contribution in [3.63, 3.8) is 0 Å². The second-order valence-electron chi connectivity index (χ2n) is 4.74. The van der Waals surface area contributed by atoms with Gasteiger partial charge in [-0.15, -0.1) is 0 Å². The van der Waals surface area contributed by atoms with Gasteiger partial charge in [-0.3, -0.25) is 0 Å². The molecule has 2 aromatic carbocycles. The summed E-state index contributed by atoms with van der Waals surface area (Å²) in [5.41, 5.74) is 1.91. The fraction of sp³-hybridized carbons (Fsp3) is 0.158. The van der Waals surface area contributed by atoms with Gasteiger partial charge in [-0.25, -0.2) is 0 Å². The predicted molar refractivity (Wildman–Crippen MR) is 97.7 cm³/mol. The van der Waals surface area contributed by atoms with Gasteiger partial charge in [0.25, 0.3) is 0 Å². The highest BCUT2D eigenvalue weighted by molar-refractivity contribution is 5.83. The summed E-state index contributed by atoms with van der Waals surface area (Å²) in [5.74, 6) is 1.70. The van der Waals surface area contributed by atoms with E-state index >= 15 is 0 Å². The zero-order chi connectivity index (χ0) is 17.2. The highest BCUT2D eigenvalue weighted by Gasteiger charge is 2.12. The van der Waals surface area contributed by atoms with Crippen LogP contribution in [0.5, 0.6) is 17.2 Å². The number of allylic oxidation sites excluding steroid dienone is 1. The topological polar surface area (TPSA) is 52.4 Å². The Bertz CT molecular complexity index is 713. The van der Waals surface area contributed by atoms with Crippen LogP contribution in [0, 0.1) is 0 Å². The lowest BCUT2D eigenvalue weighted by Gasteiger charge is -2.12. The van der Waals surface area contributed by atoms with Crippen molar-refractivity contribution in [3.05, 3.63) is 59.7 Å². The zero-order valence-corrected chi connectivity index (χ0v) is 14.0. The summed E-state index contributed by atoms with van der Waals surface area (Å²) in [4.78, 5) is 0. The second kappa shape index (κ2) is 9.15. The van der Waals surface area contributed by atoms with Crippen LogP contribution in [-0.4, -0.2) is 33.8 Å². The summed E-state index contributed by atoms with van der Waals surface area (Å²) < 4.78 is 15.9. The van der Waals surface area contributed by atoms with Gasteiger partial charge in [0.2, 0.25) is 5.75 Å². The molecule has 0 unspecified atom stereocenters. The van der Waals surface area contributed by atoms with Crippen LogP contribution < -0.4 is 14.2 Å². The molecule has 124 valence electrons. The number of benzene rings is 2. The minimum Gasteiger partial charge on any atom is -0.493 e. The molecule has 2 rings (SSSR count). The van der Waals surface area contributed by atoms with E-state index < -0.39 is 0 Å². The highest BCUT2D eigenvalue weighted by Crippen LogP contribution is 2.37. The first kappa shape index (κ1) is 17.3. The lowest BCUT2D eigenvalue weighted by molar-refractivity contribution is 0.324. The van der Waals surface area contributed by atoms with Gasteiger partial charge < -0.3 is 14.2 Å². The third-order valence-corrected chi connectivity index (χ3v) is 3.20. The van der Waals surface area contributed by atoms with Crippen LogP contribution in [0.2, 0.25) is 0 Å². The van der Waals surface area contributed by atoms with Crippen molar-refractivity contribution >= 4 is 18.5 Å². The predicted octanol–water partition coefficient (Wildman–Crippen LogP) is 3.83. The monoisotopic (exact) mass is 324 g/mol. The van der Waals surface area contributed by atoms with Gasteiger partial charge >= 0.3 is 0 Å². The summed E-state index contributed by atoms with van der Waals surface area (Å²) in [6, 6.07) is 13.6. The van der Waals surface area contributed by atoms with E-state index in [9.17, 15) is 0 Å². The SMILES string of the molecule is COc1cc(/C=N/N=C\C=C/c2ccccc2)cc(OC)c1OC. The average molecular weight is 324 g/mol. The molecule has 24 heavy (non-hydrogen) atoms. The summed E-state index contributed by atoms with van der Waals surface area (Å²) in [7, 11) is 4.72. The first-order chi connectivity index (χ1) is 11.8. The van der Waals surface area contributed by atoms with Crippen molar-refractivity contribution in [2.45, 2.75) is 0 Å². The lowest BCUT2D eigenvalue weighted by atomic mass is 10.2. The highest BCUT2D eigenvalue weighted by atomic mass is 16.5. The van der Waals surface area contributed by atoms with E-state index in [1.165, 1.54) is 0 Å². The van der Waals surface area contributed by atoms with Crippen molar-refractivity contribution in [2.75, 3.05) is 21.3 Å². The van der Waals surface area contributed by atoms with Gasteiger partial charge in [0.05, 0.1) is 27.5 Å². The molecule has 0 aliphatic rings. The molecule has 0 fully saturated rings. The first-order valence-electron chi connectivity index (χ1n) is 7.36. The number of ether oxygens (including phenoxy) is 3. The maximum absolute atomic E-state index is 5.30. The standard InChI is InChI=1S/C19H20N2O3/c1-22-17-12-16(13-18(23-2)19(17)24-3)14-21-20-11-7-10-15-8-5-4-6-9-15/h4-14H,1-3H3/b10-7-,20-11-,21-14+. The lowest BCUT2D eigenvalue weighted by Crippen LogP contribution is -1.96. The Balaban J connectivity index is 2.06. The Kier molecular flexibility index (Phi) is 6.58. The number of rotatable bonds is 7. The molecule has 5 nitrogen and oxygen atoms in total. The van der Waals surface area contributed by atoms with Crippen LogP contribution in [0.25, 0.3) is 6.08 Å². The van der Waals surface area contributed by atoms with Crippen molar-refractivity contribution in [1.29, 1.82) is 0 Å². The molecule has 2 aromatic rings. The van der Waals surface area contributed by atoms with E-state index in [2.05, 4.69) is 10.2 Å². The molecular formula is C19H20N2O3. The van der Waals surface area contributed by atoms with E-state index in [1.807, 2.05) is 42.5 Å².